The van der Waals surface area contributed by atoms with Crippen LogP contribution in [0.25, 0.3) is 0 Å². The van der Waals surface area contributed by atoms with Crippen LogP contribution in [0.5, 0.6) is 0 Å². The van der Waals surface area contributed by atoms with Gasteiger partial charge < -0.3 is 10.4 Å². The Kier molecular flexibility index (Phi) is 5.29. The smallest absolute Gasteiger partial charge is 0.311 e. The lowest BCUT2D eigenvalue weighted by atomic mass is 10.1. The van der Waals surface area contributed by atoms with Crippen LogP contribution in [0.4, 0.5) is 0 Å². The highest BCUT2D eigenvalue weighted by Gasteiger charge is 2.50. The van der Waals surface area contributed by atoms with Crippen LogP contribution in [0.2, 0.25) is 0 Å². The van der Waals surface area contributed by atoms with Gasteiger partial charge in [0.15, 0.2) is 0 Å². The van der Waals surface area contributed by atoms with Gasteiger partial charge in [-0.2, -0.15) is 0 Å². The summed E-state index contributed by atoms with van der Waals surface area (Å²) in [6.07, 6.45) is 1.78. The molecule has 1 aromatic carbocycles. The van der Waals surface area contributed by atoms with E-state index in [1.54, 1.807) is 6.92 Å². The minimum atomic E-state index is -3.61. The van der Waals surface area contributed by atoms with Gasteiger partial charge in [0, 0.05) is 18.2 Å². The average Bonchev–Trinajstić information content (AvgIpc) is 3.33. The maximum absolute atomic E-state index is 12.1. The minimum absolute atomic E-state index is 0.0801. The Morgan fingerprint density at radius 2 is 1.83 bits per heavy atom. The number of carboxylic acids is 1. The van der Waals surface area contributed by atoms with Gasteiger partial charge in [-0.1, -0.05) is 6.92 Å². The number of rotatable bonds is 8. The molecule has 1 aromatic rings. The number of hydrogen-bond acceptors (Lipinski definition) is 4. The van der Waals surface area contributed by atoms with Crippen molar-refractivity contribution in [2.75, 3.05) is 6.54 Å². The summed E-state index contributed by atoms with van der Waals surface area (Å²) in [5.41, 5.74) is -0.544. The third kappa shape index (κ3) is 4.12. The van der Waals surface area contributed by atoms with Crippen molar-refractivity contribution >= 4 is 21.9 Å². The number of nitrogens with one attached hydrogen (secondary N) is 2. The predicted octanol–water partition coefficient (Wildman–Crippen LogP) is 1.36. The number of carbonyl (C=O) groups excluding carboxylic acids is 1. The summed E-state index contributed by atoms with van der Waals surface area (Å²) in [4.78, 5) is 23.2. The zero-order valence-electron chi connectivity index (χ0n) is 13.7. The number of benzene rings is 1. The highest BCUT2D eigenvalue weighted by Crippen LogP contribution is 2.45. The molecule has 8 heteroatoms. The summed E-state index contributed by atoms with van der Waals surface area (Å²) in [5.74, 6) is -1.32. The van der Waals surface area contributed by atoms with Crippen molar-refractivity contribution in [2.45, 2.75) is 44.0 Å². The molecule has 0 saturated heterocycles. The van der Waals surface area contributed by atoms with Crippen molar-refractivity contribution in [1.82, 2.24) is 10.0 Å². The van der Waals surface area contributed by atoms with Gasteiger partial charge in [0.25, 0.3) is 5.91 Å². The fourth-order valence-corrected chi connectivity index (χ4v) is 3.50. The van der Waals surface area contributed by atoms with Gasteiger partial charge in [-0.3, -0.25) is 9.59 Å². The summed E-state index contributed by atoms with van der Waals surface area (Å²) in [6, 6.07) is 5.39. The molecule has 0 heterocycles. The molecule has 24 heavy (non-hydrogen) atoms. The van der Waals surface area contributed by atoms with Crippen LogP contribution in [-0.2, 0) is 14.8 Å². The van der Waals surface area contributed by atoms with Gasteiger partial charge in [-0.15, -0.1) is 0 Å². The van der Waals surface area contributed by atoms with Crippen LogP contribution in [-0.4, -0.2) is 38.0 Å². The molecule has 2 rings (SSSR count). The summed E-state index contributed by atoms with van der Waals surface area (Å²) < 4.78 is 26.8. The van der Waals surface area contributed by atoms with E-state index in [0.717, 1.165) is 0 Å². The molecule has 0 radical (unpaired) electrons. The Labute approximate surface area is 141 Å². The van der Waals surface area contributed by atoms with Gasteiger partial charge in [0.2, 0.25) is 10.0 Å². The SMILES string of the molecule is CCC(C)NS(=O)(=O)c1ccc(C(=O)NCC2(C(=O)O)CC2)cc1. The molecule has 7 nitrogen and oxygen atoms in total. The molecule has 1 fully saturated rings. The number of aliphatic carboxylic acids is 1. The molecule has 1 aliphatic carbocycles. The topological polar surface area (TPSA) is 113 Å². The summed E-state index contributed by atoms with van der Waals surface area (Å²) >= 11 is 0. The second-order valence-electron chi connectivity index (χ2n) is 6.22. The largest absolute Gasteiger partial charge is 0.481 e. The molecule has 1 saturated carbocycles. The molecule has 1 unspecified atom stereocenters. The second-order valence-corrected chi connectivity index (χ2v) is 7.94. The molecule has 0 bridgehead atoms. The Hall–Kier alpha value is -1.93. The molecular weight excluding hydrogens is 332 g/mol. The van der Waals surface area contributed by atoms with E-state index < -0.39 is 27.3 Å². The molecule has 0 aromatic heterocycles. The van der Waals surface area contributed by atoms with E-state index >= 15 is 0 Å². The van der Waals surface area contributed by atoms with Crippen LogP contribution in [0.15, 0.2) is 29.2 Å². The first-order valence-corrected chi connectivity index (χ1v) is 9.32. The fourth-order valence-electron chi connectivity index (χ4n) is 2.17. The molecule has 1 amide bonds. The van der Waals surface area contributed by atoms with E-state index in [-0.39, 0.29) is 17.5 Å². The van der Waals surface area contributed by atoms with E-state index in [2.05, 4.69) is 10.0 Å². The molecule has 1 aliphatic rings. The van der Waals surface area contributed by atoms with Crippen molar-refractivity contribution in [1.29, 1.82) is 0 Å². The van der Waals surface area contributed by atoms with Crippen LogP contribution in [0.1, 0.15) is 43.5 Å². The first-order chi connectivity index (χ1) is 11.2. The van der Waals surface area contributed by atoms with Gasteiger partial charge in [-0.05, 0) is 50.5 Å². The number of carbonyl (C=O) groups is 2. The van der Waals surface area contributed by atoms with Crippen molar-refractivity contribution in [3.63, 3.8) is 0 Å². The van der Waals surface area contributed by atoms with Crippen LogP contribution < -0.4 is 10.0 Å². The van der Waals surface area contributed by atoms with E-state index in [1.807, 2.05) is 6.92 Å². The lowest BCUT2D eigenvalue weighted by Crippen LogP contribution is -2.34. The molecule has 3 N–H and O–H groups in total. The minimum Gasteiger partial charge on any atom is -0.481 e. The Balaban J connectivity index is 2.01. The summed E-state index contributed by atoms with van der Waals surface area (Å²) in [6.45, 7) is 3.73. The lowest BCUT2D eigenvalue weighted by Gasteiger charge is -2.13. The number of hydrogen-bond donors (Lipinski definition) is 3. The standard InChI is InChI=1S/C16H22N2O5S/c1-3-11(2)18-24(22,23)13-6-4-12(5-7-13)14(19)17-10-16(8-9-16)15(20)21/h4-7,11,18H,3,8-10H2,1-2H3,(H,17,19)(H,20,21). The highest BCUT2D eigenvalue weighted by molar-refractivity contribution is 7.89. The van der Waals surface area contributed by atoms with E-state index in [1.165, 1.54) is 24.3 Å². The quantitative estimate of drug-likeness (QED) is 0.652. The Morgan fingerprint density at radius 3 is 2.29 bits per heavy atom. The third-order valence-electron chi connectivity index (χ3n) is 4.29. The second kappa shape index (κ2) is 6.90. The normalized spacial score (nSPS) is 17.1. The van der Waals surface area contributed by atoms with E-state index in [0.29, 0.717) is 24.8 Å². The fraction of sp³-hybridized carbons (Fsp3) is 0.500. The summed E-state index contributed by atoms with van der Waals surface area (Å²) in [7, 11) is -3.61. The van der Waals surface area contributed by atoms with E-state index in [9.17, 15) is 18.0 Å². The Morgan fingerprint density at radius 1 is 1.25 bits per heavy atom. The van der Waals surface area contributed by atoms with Crippen LogP contribution in [0, 0.1) is 5.41 Å². The van der Waals surface area contributed by atoms with Gasteiger partial charge in [-0.25, -0.2) is 13.1 Å². The average molecular weight is 354 g/mol. The van der Waals surface area contributed by atoms with Gasteiger partial charge >= 0.3 is 5.97 Å². The molecule has 1 atom stereocenters. The van der Waals surface area contributed by atoms with Crippen molar-refractivity contribution < 1.29 is 23.1 Å². The van der Waals surface area contributed by atoms with Gasteiger partial charge in [0.05, 0.1) is 10.3 Å². The zero-order valence-corrected chi connectivity index (χ0v) is 14.5. The van der Waals surface area contributed by atoms with Crippen LogP contribution >= 0.6 is 0 Å². The maximum atomic E-state index is 12.1. The van der Waals surface area contributed by atoms with Crippen molar-refractivity contribution in [3.05, 3.63) is 29.8 Å². The summed E-state index contributed by atoms with van der Waals surface area (Å²) in [5, 5.41) is 11.7. The highest BCUT2D eigenvalue weighted by atomic mass is 32.2. The van der Waals surface area contributed by atoms with E-state index in [4.69, 9.17) is 5.11 Å². The molecular formula is C16H22N2O5S. The van der Waals surface area contributed by atoms with Crippen molar-refractivity contribution in [3.8, 4) is 0 Å². The van der Waals surface area contributed by atoms with Gasteiger partial charge in [0.1, 0.15) is 0 Å². The molecule has 132 valence electrons. The maximum Gasteiger partial charge on any atom is 0.311 e. The van der Waals surface area contributed by atoms with Crippen LogP contribution in [0.3, 0.4) is 0 Å². The number of amides is 1. The molecule has 0 spiro atoms. The number of sulfonamides is 1. The lowest BCUT2D eigenvalue weighted by molar-refractivity contribution is -0.143. The first-order valence-electron chi connectivity index (χ1n) is 7.84. The first kappa shape index (κ1) is 18.4. The van der Waals surface area contributed by atoms with Crippen molar-refractivity contribution in [2.24, 2.45) is 5.41 Å². The number of carboxylic acid groups (broad SMARTS) is 1. The predicted molar refractivity (Wildman–Crippen MR) is 88.2 cm³/mol. The third-order valence-corrected chi connectivity index (χ3v) is 5.90. The zero-order chi connectivity index (χ0) is 18.0. The monoisotopic (exact) mass is 354 g/mol. The molecule has 0 aliphatic heterocycles. The Bertz CT molecular complexity index is 723.